The quantitative estimate of drug-likeness (QED) is 0.397. The van der Waals surface area contributed by atoms with Crippen molar-refractivity contribution in [2.45, 2.75) is 25.7 Å². The van der Waals surface area contributed by atoms with Crippen LogP contribution in [-0.4, -0.2) is 45.5 Å². The minimum absolute atomic E-state index is 0.00763. The van der Waals surface area contributed by atoms with Gasteiger partial charge in [0.05, 0.1) is 18.7 Å². The highest BCUT2D eigenvalue weighted by molar-refractivity contribution is 5.82. The molecular weight excluding hydrogens is 416 g/mol. The van der Waals surface area contributed by atoms with Crippen molar-refractivity contribution in [2.75, 3.05) is 13.6 Å². The molecule has 2 N–H and O–H groups in total. The minimum Gasteiger partial charge on any atom is -0.489 e. The van der Waals surface area contributed by atoms with Crippen LogP contribution in [0.1, 0.15) is 22.7 Å². The fraction of sp³-hybridized carbons (Fsp3) is 0.222. The number of nitrogens with zero attached hydrogens (tertiary/aromatic N) is 2. The van der Waals surface area contributed by atoms with E-state index in [1.807, 2.05) is 65.4 Å². The standard InChI is InChI=1S/C27H28N2O4/c1-19-8-10-20(11-9-19)18-33-23-12-13-24-22(16-23)14-15-29(24)26(21-6-4-3-5-7-21)25(30)17-28(2)27(31)32/h3-16,25-26,30H,17-18H2,1-2H3,(H,31,32)/t25-,26+/m1/s1. The number of amides is 1. The number of carboxylic acid groups (broad SMARTS) is 1. The first kappa shape index (κ1) is 22.4. The van der Waals surface area contributed by atoms with Crippen molar-refractivity contribution < 1.29 is 19.7 Å². The molecule has 4 rings (SSSR count). The number of hydrogen-bond donors (Lipinski definition) is 2. The first-order valence-electron chi connectivity index (χ1n) is 10.9. The van der Waals surface area contributed by atoms with Gasteiger partial charge >= 0.3 is 6.09 Å². The summed E-state index contributed by atoms with van der Waals surface area (Å²) in [4.78, 5) is 12.4. The van der Waals surface area contributed by atoms with Crippen LogP contribution in [0.2, 0.25) is 0 Å². The Labute approximate surface area is 193 Å². The van der Waals surface area contributed by atoms with Crippen LogP contribution in [0, 0.1) is 6.92 Å². The maximum absolute atomic E-state index is 11.3. The zero-order chi connectivity index (χ0) is 23.4. The predicted octanol–water partition coefficient (Wildman–Crippen LogP) is 5.09. The summed E-state index contributed by atoms with van der Waals surface area (Å²) in [5.74, 6) is 0.767. The topological polar surface area (TPSA) is 74.9 Å². The fourth-order valence-electron chi connectivity index (χ4n) is 4.00. The van der Waals surface area contributed by atoms with E-state index in [1.54, 1.807) is 0 Å². The molecule has 0 fully saturated rings. The molecular formula is C27H28N2O4. The number of hydrogen-bond acceptors (Lipinski definition) is 3. The monoisotopic (exact) mass is 444 g/mol. The molecule has 1 heterocycles. The highest BCUT2D eigenvalue weighted by atomic mass is 16.5. The summed E-state index contributed by atoms with van der Waals surface area (Å²) < 4.78 is 7.99. The molecule has 170 valence electrons. The van der Waals surface area contributed by atoms with Crippen molar-refractivity contribution >= 4 is 17.0 Å². The molecule has 3 aromatic carbocycles. The second-order valence-electron chi connectivity index (χ2n) is 8.30. The first-order chi connectivity index (χ1) is 15.9. The van der Waals surface area contributed by atoms with E-state index in [2.05, 4.69) is 31.2 Å². The van der Waals surface area contributed by atoms with Crippen molar-refractivity contribution in [3.63, 3.8) is 0 Å². The molecule has 0 aliphatic rings. The number of aliphatic hydroxyl groups excluding tert-OH is 1. The molecule has 0 bridgehead atoms. The molecule has 0 unspecified atom stereocenters. The molecule has 33 heavy (non-hydrogen) atoms. The number of aliphatic hydroxyl groups is 1. The van der Waals surface area contributed by atoms with E-state index in [0.29, 0.717) is 6.61 Å². The van der Waals surface area contributed by atoms with Crippen LogP contribution in [-0.2, 0) is 6.61 Å². The summed E-state index contributed by atoms with van der Waals surface area (Å²) in [5, 5.41) is 21.3. The molecule has 1 aromatic heterocycles. The van der Waals surface area contributed by atoms with Gasteiger partial charge in [0.15, 0.2) is 0 Å². The van der Waals surface area contributed by atoms with E-state index in [1.165, 1.54) is 12.6 Å². The number of ether oxygens (including phenoxy) is 1. The number of fused-ring (bicyclic) bond motifs is 1. The van der Waals surface area contributed by atoms with E-state index in [4.69, 9.17) is 4.74 Å². The van der Waals surface area contributed by atoms with Gasteiger partial charge in [-0.15, -0.1) is 0 Å². The zero-order valence-electron chi connectivity index (χ0n) is 18.8. The lowest BCUT2D eigenvalue weighted by atomic mass is 10.0. The van der Waals surface area contributed by atoms with Crippen LogP contribution < -0.4 is 4.74 Å². The number of aryl methyl sites for hydroxylation is 1. The normalized spacial score (nSPS) is 12.9. The van der Waals surface area contributed by atoms with Gasteiger partial charge in [0.1, 0.15) is 12.4 Å². The Balaban J connectivity index is 1.61. The summed E-state index contributed by atoms with van der Waals surface area (Å²) in [7, 11) is 1.46. The van der Waals surface area contributed by atoms with Gasteiger partial charge in [-0.3, -0.25) is 0 Å². The van der Waals surface area contributed by atoms with Gasteiger partial charge in [0.2, 0.25) is 0 Å². The first-order valence-corrected chi connectivity index (χ1v) is 10.9. The Morgan fingerprint density at radius 2 is 1.76 bits per heavy atom. The molecule has 0 radical (unpaired) electrons. The van der Waals surface area contributed by atoms with Gasteiger partial charge in [-0.1, -0.05) is 60.2 Å². The van der Waals surface area contributed by atoms with Crippen LogP contribution in [0.5, 0.6) is 5.75 Å². The van der Waals surface area contributed by atoms with Gasteiger partial charge in [-0.25, -0.2) is 4.79 Å². The van der Waals surface area contributed by atoms with Crippen molar-refractivity contribution in [1.29, 1.82) is 0 Å². The lowest BCUT2D eigenvalue weighted by Gasteiger charge is -2.28. The van der Waals surface area contributed by atoms with Gasteiger partial charge in [0, 0.05) is 24.1 Å². The van der Waals surface area contributed by atoms with Crippen molar-refractivity contribution in [3.8, 4) is 5.75 Å². The lowest BCUT2D eigenvalue weighted by Crippen LogP contribution is -2.38. The van der Waals surface area contributed by atoms with Crippen molar-refractivity contribution in [1.82, 2.24) is 9.47 Å². The van der Waals surface area contributed by atoms with E-state index in [-0.39, 0.29) is 6.54 Å². The van der Waals surface area contributed by atoms with Crippen LogP contribution >= 0.6 is 0 Å². The fourth-order valence-corrected chi connectivity index (χ4v) is 4.00. The molecule has 1 amide bonds. The summed E-state index contributed by atoms with van der Waals surface area (Å²) >= 11 is 0. The van der Waals surface area contributed by atoms with Gasteiger partial charge in [-0.2, -0.15) is 0 Å². The Bertz CT molecular complexity index is 1220. The summed E-state index contributed by atoms with van der Waals surface area (Å²) in [6.45, 7) is 2.54. The summed E-state index contributed by atoms with van der Waals surface area (Å²) in [6.07, 6.45) is -0.0778. The molecule has 6 heteroatoms. The summed E-state index contributed by atoms with van der Waals surface area (Å²) in [5.41, 5.74) is 4.16. The molecule has 0 spiro atoms. The molecule has 0 saturated heterocycles. The highest BCUT2D eigenvalue weighted by Crippen LogP contribution is 2.30. The molecule has 6 nitrogen and oxygen atoms in total. The zero-order valence-corrected chi connectivity index (χ0v) is 18.8. The molecule has 0 saturated carbocycles. The second kappa shape index (κ2) is 9.79. The highest BCUT2D eigenvalue weighted by Gasteiger charge is 2.26. The number of aromatic nitrogens is 1. The van der Waals surface area contributed by atoms with Crippen molar-refractivity contribution in [2.24, 2.45) is 0 Å². The van der Waals surface area contributed by atoms with Crippen LogP contribution in [0.25, 0.3) is 10.9 Å². The number of likely N-dealkylation sites (N-methyl/N-ethyl adjacent to an activating group) is 1. The smallest absolute Gasteiger partial charge is 0.407 e. The average Bonchev–Trinajstić information content (AvgIpc) is 3.22. The van der Waals surface area contributed by atoms with Crippen molar-refractivity contribution in [3.05, 3.63) is 102 Å². The van der Waals surface area contributed by atoms with Crippen LogP contribution in [0.4, 0.5) is 4.79 Å². The van der Waals surface area contributed by atoms with Crippen LogP contribution in [0.15, 0.2) is 85.1 Å². The van der Waals surface area contributed by atoms with E-state index in [9.17, 15) is 15.0 Å². The third-order valence-corrected chi connectivity index (χ3v) is 5.81. The Morgan fingerprint density at radius 3 is 2.45 bits per heavy atom. The van der Waals surface area contributed by atoms with E-state index < -0.39 is 18.2 Å². The minimum atomic E-state index is -1.08. The number of rotatable bonds is 8. The number of carbonyl (C=O) groups is 1. The molecule has 4 aromatic rings. The van der Waals surface area contributed by atoms with E-state index in [0.717, 1.165) is 32.7 Å². The van der Waals surface area contributed by atoms with Crippen LogP contribution in [0.3, 0.4) is 0 Å². The molecule has 0 aliphatic heterocycles. The van der Waals surface area contributed by atoms with Gasteiger partial charge in [0.25, 0.3) is 0 Å². The lowest BCUT2D eigenvalue weighted by molar-refractivity contribution is 0.0850. The molecule has 2 atom stereocenters. The predicted molar refractivity (Wildman–Crippen MR) is 129 cm³/mol. The maximum atomic E-state index is 11.3. The maximum Gasteiger partial charge on any atom is 0.407 e. The average molecular weight is 445 g/mol. The third-order valence-electron chi connectivity index (χ3n) is 5.81. The van der Waals surface area contributed by atoms with E-state index >= 15 is 0 Å². The number of benzene rings is 3. The largest absolute Gasteiger partial charge is 0.489 e. The Hall–Kier alpha value is -3.77. The molecule has 0 aliphatic carbocycles. The summed E-state index contributed by atoms with van der Waals surface area (Å²) in [6, 6.07) is 25.3. The Morgan fingerprint density at radius 1 is 1.03 bits per heavy atom. The Kier molecular flexibility index (Phi) is 6.66. The SMILES string of the molecule is Cc1ccc(COc2ccc3c(ccn3[C@@H](c3ccccc3)[C@H](O)CN(C)C(=O)O)c2)cc1. The van der Waals surface area contributed by atoms with Gasteiger partial charge in [-0.05, 0) is 42.3 Å². The van der Waals surface area contributed by atoms with Gasteiger partial charge < -0.3 is 24.4 Å². The third kappa shape index (κ3) is 5.18. The second-order valence-corrected chi connectivity index (χ2v) is 8.30.